The predicted octanol–water partition coefficient (Wildman–Crippen LogP) is 3.58. The zero-order valence-corrected chi connectivity index (χ0v) is 10.9. The molecule has 2 aliphatic rings. The maximum Gasteiger partial charge on any atom is 0.101 e. The molecule has 0 amide bonds. The van der Waals surface area contributed by atoms with E-state index in [-0.39, 0.29) is 5.41 Å². The van der Waals surface area contributed by atoms with E-state index in [1.807, 2.05) is 18.2 Å². The smallest absolute Gasteiger partial charge is 0.101 e. The third-order valence-corrected chi connectivity index (χ3v) is 4.97. The number of nitrogens with one attached hydrogen (secondary N) is 1. The van der Waals surface area contributed by atoms with E-state index in [2.05, 4.69) is 5.32 Å². The van der Waals surface area contributed by atoms with E-state index in [1.165, 1.54) is 0 Å². The second-order valence-corrected chi connectivity index (χ2v) is 5.96. The average molecular weight is 274 g/mol. The van der Waals surface area contributed by atoms with Gasteiger partial charge in [0, 0.05) is 12.0 Å². The molecule has 1 saturated carbocycles. The molecule has 0 aromatic heterocycles. The summed E-state index contributed by atoms with van der Waals surface area (Å²) in [5.74, 6) is 0.384. The second kappa shape index (κ2) is 4.11. The molecule has 1 unspecified atom stereocenters. The van der Waals surface area contributed by atoms with E-state index in [1.54, 1.807) is 0 Å². The van der Waals surface area contributed by atoms with Gasteiger partial charge >= 0.3 is 0 Å². The fourth-order valence-corrected chi connectivity index (χ4v) is 3.70. The van der Waals surface area contributed by atoms with Crippen molar-refractivity contribution in [3.8, 4) is 0 Å². The highest BCUT2D eigenvalue weighted by Gasteiger charge is 2.51. The van der Waals surface area contributed by atoms with Crippen LogP contribution in [0.4, 0.5) is 4.39 Å². The minimum atomic E-state index is -0.684. The molecular weight excluding hydrogens is 260 g/mol. The summed E-state index contributed by atoms with van der Waals surface area (Å²) in [7, 11) is 0. The van der Waals surface area contributed by atoms with Gasteiger partial charge in [-0.1, -0.05) is 29.3 Å². The normalized spacial score (nSPS) is 36.2. The third kappa shape index (κ3) is 1.78. The van der Waals surface area contributed by atoms with Gasteiger partial charge < -0.3 is 5.32 Å². The summed E-state index contributed by atoms with van der Waals surface area (Å²) in [6.07, 6.45) is 0.576. The van der Waals surface area contributed by atoms with Gasteiger partial charge in [-0.3, -0.25) is 0 Å². The molecule has 1 aliphatic heterocycles. The lowest BCUT2D eigenvalue weighted by Gasteiger charge is -2.29. The van der Waals surface area contributed by atoms with Gasteiger partial charge in [0.2, 0.25) is 0 Å². The second-order valence-electron chi connectivity index (χ2n) is 5.15. The Labute approximate surface area is 110 Å². The third-order valence-electron chi connectivity index (χ3n) is 4.23. The zero-order chi connectivity index (χ0) is 12.0. The van der Waals surface area contributed by atoms with Gasteiger partial charge in [-0.05, 0) is 43.0 Å². The van der Waals surface area contributed by atoms with Crippen LogP contribution >= 0.6 is 23.2 Å². The highest BCUT2D eigenvalue weighted by atomic mass is 35.5. The molecule has 1 aromatic carbocycles. The summed E-state index contributed by atoms with van der Waals surface area (Å²) < 4.78 is 13.7. The number of hydrogen-bond donors (Lipinski definition) is 1. The number of fused-ring (bicyclic) bond motifs is 1. The Balaban J connectivity index is 2.04. The molecule has 1 aliphatic carbocycles. The Morgan fingerprint density at radius 3 is 2.88 bits per heavy atom. The Kier molecular flexibility index (Phi) is 2.85. The van der Waals surface area contributed by atoms with Gasteiger partial charge in [0.05, 0.1) is 10.0 Å². The molecular formula is C13H14Cl2FN. The van der Waals surface area contributed by atoms with Gasteiger partial charge in [-0.25, -0.2) is 4.39 Å². The molecule has 0 radical (unpaired) electrons. The van der Waals surface area contributed by atoms with E-state index in [9.17, 15) is 4.39 Å². The molecule has 3 atom stereocenters. The molecule has 17 heavy (non-hydrogen) atoms. The first-order valence-corrected chi connectivity index (χ1v) is 6.68. The summed E-state index contributed by atoms with van der Waals surface area (Å²) in [6.45, 7) is 1.75. The van der Waals surface area contributed by atoms with Gasteiger partial charge in [-0.15, -0.1) is 0 Å². The number of benzene rings is 1. The SMILES string of the molecule is FC1C[C@@H]2CNC[C@]2(c2ccc(Cl)c(Cl)c2)C1. The van der Waals surface area contributed by atoms with E-state index < -0.39 is 6.17 Å². The van der Waals surface area contributed by atoms with Crippen LogP contribution in [0.3, 0.4) is 0 Å². The quantitative estimate of drug-likeness (QED) is 0.825. The fraction of sp³-hybridized carbons (Fsp3) is 0.538. The lowest BCUT2D eigenvalue weighted by atomic mass is 9.74. The fourth-order valence-electron chi connectivity index (χ4n) is 3.41. The molecule has 1 saturated heterocycles. The maximum atomic E-state index is 13.7. The molecule has 92 valence electrons. The number of hydrogen-bond acceptors (Lipinski definition) is 1. The van der Waals surface area contributed by atoms with E-state index in [0.29, 0.717) is 28.8 Å². The van der Waals surface area contributed by atoms with Crippen molar-refractivity contribution in [3.05, 3.63) is 33.8 Å². The molecule has 2 fully saturated rings. The number of halogens is 3. The van der Waals surface area contributed by atoms with Crippen LogP contribution in [0.25, 0.3) is 0 Å². The summed E-state index contributed by atoms with van der Waals surface area (Å²) in [6, 6.07) is 5.71. The minimum Gasteiger partial charge on any atom is -0.316 e. The minimum absolute atomic E-state index is 0.0757. The van der Waals surface area contributed by atoms with E-state index >= 15 is 0 Å². The maximum absolute atomic E-state index is 13.7. The van der Waals surface area contributed by atoms with Crippen molar-refractivity contribution >= 4 is 23.2 Å². The molecule has 1 N–H and O–H groups in total. The van der Waals surface area contributed by atoms with E-state index in [4.69, 9.17) is 23.2 Å². The number of alkyl halides is 1. The first-order chi connectivity index (χ1) is 8.12. The van der Waals surface area contributed by atoms with Crippen molar-refractivity contribution in [2.24, 2.45) is 5.92 Å². The van der Waals surface area contributed by atoms with E-state index in [0.717, 1.165) is 18.7 Å². The van der Waals surface area contributed by atoms with Crippen LogP contribution in [0.2, 0.25) is 10.0 Å². The number of rotatable bonds is 1. The summed E-state index contributed by atoms with van der Waals surface area (Å²) in [5, 5.41) is 4.50. The van der Waals surface area contributed by atoms with Gasteiger partial charge in [0.15, 0.2) is 0 Å². The van der Waals surface area contributed by atoms with Gasteiger partial charge in [-0.2, -0.15) is 0 Å². The molecule has 0 bridgehead atoms. The Hall–Kier alpha value is -0.310. The van der Waals surface area contributed by atoms with Crippen molar-refractivity contribution in [2.75, 3.05) is 13.1 Å². The molecule has 0 spiro atoms. The largest absolute Gasteiger partial charge is 0.316 e. The highest BCUT2D eigenvalue weighted by molar-refractivity contribution is 6.42. The Bertz CT molecular complexity index is 451. The lowest BCUT2D eigenvalue weighted by Crippen LogP contribution is -2.31. The molecule has 1 aromatic rings. The van der Waals surface area contributed by atoms with Crippen molar-refractivity contribution in [1.29, 1.82) is 0 Å². The first kappa shape index (κ1) is 11.8. The standard InChI is InChI=1S/C13H14Cl2FN/c14-11-2-1-8(4-12(11)15)13-5-10(16)3-9(13)6-17-7-13/h1-2,4,9-10,17H,3,5-7H2/t9-,10?,13+/m1/s1. The molecule has 3 rings (SSSR count). The molecule has 4 heteroatoms. The molecule has 1 heterocycles. The summed E-state index contributed by atoms with van der Waals surface area (Å²) >= 11 is 12.0. The van der Waals surface area contributed by atoms with Crippen molar-refractivity contribution < 1.29 is 4.39 Å². The van der Waals surface area contributed by atoms with Crippen molar-refractivity contribution in [2.45, 2.75) is 24.4 Å². The monoisotopic (exact) mass is 273 g/mol. The lowest BCUT2D eigenvalue weighted by molar-refractivity contribution is 0.316. The summed E-state index contributed by atoms with van der Waals surface area (Å²) in [5.41, 5.74) is 1.05. The summed E-state index contributed by atoms with van der Waals surface area (Å²) in [4.78, 5) is 0. The highest BCUT2D eigenvalue weighted by Crippen LogP contribution is 2.49. The van der Waals surface area contributed by atoms with Gasteiger partial charge in [0.1, 0.15) is 6.17 Å². The van der Waals surface area contributed by atoms with Gasteiger partial charge in [0.25, 0.3) is 0 Å². The van der Waals surface area contributed by atoms with Crippen LogP contribution in [0.5, 0.6) is 0 Å². The van der Waals surface area contributed by atoms with Crippen LogP contribution in [-0.4, -0.2) is 19.3 Å². The van der Waals surface area contributed by atoms with Crippen molar-refractivity contribution in [1.82, 2.24) is 5.32 Å². The van der Waals surface area contributed by atoms with Crippen molar-refractivity contribution in [3.63, 3.8) is 0 Å². The van der Waals surface area contributed by atoms with Crippen LogP contribution in [0, 0.1) is 5.92 Å². The Morgan fingerprint density at radius 1 is 1.29 bits per heavy atom. The average Bonchev–Trinajstić information content (AvgIpc) is 2.78. The first-order valence-electron chi connectivity index (χ1n) is 5.92. The van der Waals surface area contributed by atoms with Crippen LogP contribution < -0.4 is 5.32 Å². The van der Waals surface area contributed by atoms with Crippen LogP contribution in [0.1, 0.15) is 18.4 Å². The topological polar surface area (TPSA) is 12.0 Å². The zero-order valence-electron chi connectivity index (χ0n) is 9.35. The van der Waals surface area contributed by atoms with Crippen LogP contribution in [-0.2, 0) is 5.41 Å². The predicted molar refractivity (Wildman–Crippen MR) is 68.6 cm³/mol. The molecule has 1 nitrogen and oxygen atoms in total. The van der Waals surface area contributed by atoms with Crippen LogP contribution in [0.15, 0.2) is 18.2 Å². The Morgan fingerprint density at radius 2 is 2.12 bits per heavy atom.